The number of benzene rings is 3. The van der Waals surface area contributed by atoms with Crippen molar-refractivity contribution in [2.24, 2.45) is 0 Å². The summed E-state index contributed by atoms with van der Waals surface area (Å²) < 4.78 is 5.83. The van der Waals surface area contributed by atoms with Crippen molar-refractivity contribution in [3.05, 3.63) is 107 Å². The second-order valence-electron chi connectivity index (χ2n) is 8.42. The molecule has 1 atom stereocenters. The van der Waals surface area contributed by atoms with Crippen LogP contribution in [-0.2, 0) is 40.5 Å². The van der Waals surface area contributed by atoms with Gasteiger partial charge in [0.2, 0.25) is 11.8 Å². The SMILES string of the molecule is O=C(NCc1cccc(COCc2ccccc2)c1)C1CCCN1C(=O)Cc1ccccc1. The van der Waals surface area contributed by atoms with Crippen LogP contribution in [0.25, 0.3) is 0 Å². The van der Waals surface area contributed by atoms with Crippen LogP contribution in [0.3, 0.4) is 0 Å². The molecular formula is C28H30N2O3. The molecule has 1 aliphatic heterocycles. The third kappa shape index (κ3) is 6.53. The lowest BCUT2D eigenvalue weighted by atomic mass is 10.1. The van der Waals surface area contributed by atoms with Crippen molar-refractivity contribution in [2.45, 2.75) is 45.1 Å². The van der Waals surface area contributed by atoms with Gasteiger partial charge in [-0.1, -0.05) is 84.9 Å². The molecule has 1 fully saturated rings. The van der Waals surface area contributed by atoms with Gasteiger partial charge in [0.25, 0.3) is 0 Å². The Hall–Kier alpha value is -3.44. The number of rotatable bonds is 9. The van der Waals surface area contributed by atoms with Gasteiger partial charge in [-0.3, -0.25) is 9.59 Å². The molecule has 3 aromatic rings. The lowest BCUT2D eigenvalue weighted by molar-refractivity contribution is -0.138. The molecule has 5 heteroatoms. The summed E-state index contributed by atoms with van der Waals surface area (Å²) in [5.41, 5.74) is 4.20. The first-order chi connectivity index (χ1) is 16.2. The van der Waals surface area contributed by atoms with Gasteiger partial charge in [0.15, 0.2) is 0 Å². The molecule has 33 heavy (non-hydrogen) atoms. The van der Waals surface area contributed by atoms with Crippen molar-refractivity contribution in [1.82, 2.24) is 10.2 Å². The number of hydrogen-bond donors (Lipinski definition) is 1. The molecule has 0 aliphatic carbocycles. The minimum absolute atomic E-state index is 0.0106. The van der Waals surface area contributed by atoms with E-state index in [1.807, 2.05) is 78.9 Å². The van der Waals surface area contributed by atoms with E-state index in [1.165, 1.54) is 0 Å². The number of carbonyl (C=O) groups is 2. The number of carbonyl (C=O) groups excluding carboxylic acids is 2. The highest BCUT2D eigenvalue weighted by Crippen LogP contribution is 2.19. The smallest absolute Gasteiger partial charge is 0.243 e. The fourth-order valence-corrected chi connectivity index (χ4v) is 4.21. The van der Waals surface area contributed by atoms with E-state index in [0.717, 1.165) is 28.7 Å². The third-order valence-electron chi connectivity index (χ3n) is 5.91. The molecule has 1 heterocycles. The highest BCUT2D eigenvalue weighted by Gasteiger charge is 2.33. The number of ether oxygens (including phenoxy) is 1. The van der Waals surface area contributed by atoms with Gasteiger partial charge in [-0.05, 0) is 35.1 Å². The lowest BCUT2D eigenvalue weighted by Crippen LogP contribution is -2.46. The first-order valence-corrected chi connectivity index (χ1v) is 11.5. The fraction of sp³-hybridized carbons (Fsp3) is 0.286. The number of hydrogen-bond acceptors (Lipinski definition) is 3. The van der Waals surface area contributed by atoms with Gasteiger partial charge in [0.1, 0.15) is 6.04 Å². The zero-order chi connectivity index (χ0) is 22.9. The molecule has 1 saturated heterocycles. The van der Waals surface area contributed by atoms with Crippen molar-refractivity contribution in [2.75, 3.05) is 6.54 Å². The quantitative estimate of drug-likeness (QED) is 0.539. The molecule has 0 spiro atoms. The average molecular weight is 443 g/mol. The summed E-state index contributed by atoms with van der Waals surface area (Å²) in [4.78, 5) is 27.4. The first kappa shape index (κ1) is 22.7. The molecule has 5 nitrogen and oxygen atoms in total. The third-order valence-corrected chi connectivity index (χ3v) is 5.91. The molecule has 0 aromatic heterocycles. The predicted molar refractivity (Wildman–Crippen MR) is 128 cm³/mol. The first-order valence-electron chi connectivity index (χ1n) is 11.5. The monoisotopic (exact) mass is 442 g/mol. The maximum atomic E-state index is 12.9. The van der Waals surface area contributed by atoms with Crippen molar-refractivity contribution in [1.29, 1.82) is 0 Å². The van der Waals surface area contributed by atoms with Gasteiger partial charge in [-0.15, -0.1) is 0 Å². The summed E-state index contributed by atoms with van der Waals surface area (Å²) >= 11 is 0. The van der Waals surface area contributed by atoms with E-state index in [-0.39, 0.29) is 11.8 Å². The minimum Gasteiger partial charge on any atom is -0.372 e. The maximum absolute atomic E-state index is 12.9. The van der Waals surface area contributed by atoms with Crippen molar-refractivity contribution < 1.29 is 14.3 Å². The van der Waals surface area contributed by atoms with Crippen LogP contribution < -0.4 is 5.32 Å². The average Bonchev–Trinajstić information content (AvgIpc) is 3.35. The molecular weight excluding hydrogens is 412 g/mol. The Bertz CT molecular complexity index is 1050. The Labute approximate surface area is 195 Å². The topological polar surface area (TPSA) is 58.6 Å². The number of nitrogens with one attached hydrogen (secondary N) is 1. The van der Waals surface area contributed by atoms with E-state index >= 15 is 0 Å². The van der Waals surface area contributed by atoms with Crippen LogP contribution in [0.15, 0.2) is 84.9 Å². The van der Waals surface area contributed by atoms with Crippen LogP contribution in [0, 0.1) is 0 Å². The van der Waals surface area contributed by atoms with E-state index < -0.39 is 6.04 Å². The van der Waals surface area contributed by atoms with Gasteiger partial charge in [-0.25, -0.2) is 0 Å². The number of likely N-dealkylation sites (tertiary alicyclic amines) is 1. The van der Waals surface area contributed by atoms with E-state index in [1.54, 1.807) is 4.90 Å². The summed E-state index contributed by atoms with van der Waals surface area (Å²) in [6, 6.07) is 27.4. The normalized spacial score (nSPS) is 15.4. The van der Waals surface area contributed by atoms with Crippen molar-refractivity contribution >= 4 is 11.8 Å². The van der Waals surface area contributed by atoms with Crippen LogP contribution in [-0.4, -0.2) is 29.3 Å². The molecule has 1 N–H and O–H groups in total. The largest absolute Gasteiger partial charge is 0.372 e. The summed E-state index contributed by atoms with van der Waals surface area (Å²) in [6.45, 7) is 2.15. The van der Waals surface area contributed by atoms with Crippen molar-refractivity contribution in [3.8, 4) is 0 Å². The molecule has 4 rings (SSSR count). The molecule has 0 radical (unpaired) electrons. The van der Waals surface area contributed by atoms with E-state index in [2.05, 4.69) is 11.4 Å². The van der Waals surface area contributed by atoms with Gasteiger partial charge < -0.3 is 15.0 Å². The molecule has 1 aliphatic rings. The number of nitrogens with zero attached hydrogens (tertiary/aromatic N) is 1. The maximum Gasteiger partial charge on any atom is 0.243 e. The highest BCUT2D eigenvalue weighted by molar-refractivity contribution is 5.89. The summed E-state index contributed by atoms with van der Waals surface area (Å²) in [5.74, 6) is -0.0731. The Morgan fingerprint density at radius 1 is 0.818 bits per heavy atom. The van der Waals surface area contributed by atoms with Crippen LogP contribution >= 0.6 is 0 Å². The van der Waals surface area contributed by atoms with E-state index in [4.69, 9.17) is 4.74 Å². The van der Waals surface area contributed by atoms with Crippen LogP contribution in [0.5, 0.6) is 0 Å². The molecule has 3 aromatic carbocycles. The van der Waals surface area contributed by atoms with Gasteiger partial charge in [0, 0.05) is 13.1 Å². The summed E-state index contributed by atoms with van der Waals surface area (Å²) in [6.07, 6.45) is 1.89. The predicted octanol–water partition coefficient (Wildman–Crippen LogP) is 4.25. The van der Waals surface area contributed by atoms with E-state index in [0.29, 0.717) is 39.1 Å². The summed E-state index contributed by atoms with van der Waals surface area (Å²) in [7, 11) is 0. The molecule has 0 bridgehead atoms. The molecule has 1 unspecified atom stereocenters. The molecule has 2 amide bonds. The van der Waals surface area contributed by atoms with Gasteiger partial charge >= 0.3 is 0 Å². The van der Waals surface area contributed by atoms with E-state index in [9.17, 15) is 9.59 Å². The highest BCUT2D eigenvalue weighted by atomic mass is 16.5. The minimum atomic E-state index is -0.390. The molecule has 0 saturated carbocycles. The van der Waals surface area contributed by atoms with Gasteiger partial charge in [0.05, 0.1) is 19.6 Å². The van der Waals surface area contributed by atoms with Gasteiger partial charge in [-0.2, -0.15) is 0 Å². The second kappa shape index (κ2) is 11.4. The zero-order valence-electron chi connectivity index (χ0n) is 18.8. The standard InChI is InChI=1S/C28H30N2O3/c31-27(18-22-9-3-1-4-10-22)30-16-8-15-26(30)28(32)29-19-24-13-7-14-25(17-24)21-33-20-23-11-5-2-6-12-23/h1-7,9-14,17,26H,8,15-16,18-21H2,(H,29,32). The Balaban J connectivity index is 1.27. The van der Waals surface area contributed by atoms with Crippen LogP contribution in [0.2, 0.25) is 0 Å². The fourth-order valence-electron chi connectivity index (χ4n) is 4.21. The lowest BCUT2D eigenvalue weighted by Gasteiger charge is -2.24. The zero-order valence-corrected chi connectivity index (χ0v) is 18.8. The second-order valence-corrected chi connectivity index (χ2v) is 8.42. The van der Waals surface area contributed by atoms with Crippen LogP contribution in [0.1, 0.15) is 35.1 Å². The van der Waals surface area contributed by atoms with Crippen molar-refractivity contribution in [3.63, 3.8) is 0 Å². The Morgan fingerprint density at radius 2 is 1.45 bits per heavy atom. The molecule has 170 valence electrons. The number of amides is 2. The summed E-state index contributed by atoms with van der Waals surface area (Å²) in [5, 5.41) is 3.03. The Kier molecular flexibility index (Phi) is 7.88. The van der Waals surface area contributed by atoms with Crippen LogP contribution in [0.4, 0.5) is 0 Å². The Morgan fingerprint density at radius 3 is 2.21 bits per heavy atom.